The summed E-state index contributed by atoms with van der Waals surface area (Å²) < 4.78 is 27.3. The number of aromatic hydroxyl groups is 2. The number of nitrogens with one attached hydrogen (secondary N) is 10. The van der Waals surface area contributed by atoms with E-state index in [1.807, 2.05) is 0 Å². The highest BCUT2D eigenvalue weighted by atomic mass is 16.6. The van der Waals surface area contributed by atoms with Crippen LogP contribution in [0.15, 0.2) is 212 Å². The molecule has 0 radical (unpaired) electrons. The molecule has 10 rings (SSSR count). The zero-order valence-corrected chi connectivity index (χ0v) is 69.2. The summed E-state index contributed by atoms with van der Waals surface area (Å²) in [6.45, 7) is 9.03. The third-order valence-corrected chi connectivity index (χ3v) is 18.4. The van der Waals surface area contributed by atoms with E-state index in [4.69, 9.17) is 28.8 Å². The molecular weight excluding hydrogens is 1670 g/mol. The SMILES string of the molecule is COC(C(C)=O)C(NC(=O)c1ccc(NC(=O)c2ccc([N+](=O)[O-])cc2)cc1)C(=O)Nc1ccc(C(=O)Nc2ccc(C(=O)Nc3ccc(C(=O)O)cc3)c(O)c2OC(C)C)cc1.COc1cc(C(=O)O)ccc1NC(=O)c1ccc(NC(=O)c2ccc(NC(=O)C(NC(=O)c3ccc(NC(=O)c4ccc([N+](=O)[O-])cc4)cc3)C(OC)C(C)=O)cc2)c(OC(C)C)c1O. The number of ether oxygens (including phenoxy) is 5. The van der Waals surface area contributed by atoms with Gasteiger partial charge in [-0.2, -0.15) is 0 Å². The first-order chi connectivity index (χ1) is 60.8. The molecule has 4 unspecified atom stereocenters. The van der Waals surface area contributed by atoms with Crippen molar-refractivity contribution in [3.63, 3.8) is 0 Å². The number of anilines is 8. The van der Waals surface area contributed by atoms with Gasteiger partial charge in [0, 0.05) is 100 Å². The van der Waals surface area contributed by atoms with Gasteiger partial charge in [-0.15, -0.1) is 0 Å². The zero-order valence-electron chi connectivity index (χ0n) is 69.2. The molecule has 39 nitrogen and oxygen atoms in total. The molecule has 0 saturated carbocycles. The fourth-order valence-corrected chi connectivity index (χ4v) is 12.0. The minimum absolute atomic E-state index is 0.00795. The number of hydrogen-bond acceptors (Lipinski definition) is 25. The van der Waals surface area contributed by atoms with Crippen LogP contribution in [0.1, 0.15) is 145 Å². The maximum absolute atomic E-state index is 13.6. The van der Waals surface area contributed by atoms with Gasteiger partial charge in [0.1, 0.15) is 30.0 Å². The van der Waals surface area contributed by atoms with Crippen molar-refractivity contribution in [3.05, 3.63) is 288 Å². The standard InChI is InChI=1S/C45H42N6O14.C44H40N6O13/c1-23(2)65-39-34(21-19-32(37(39)53)43(57)48-33-20-12-28(45(59)60)22-35(33)63-4)49-41(55)25-6-15-30(16-7-25)47-44(58)36(38(64-5)24(3)52)50-42(56)26-8-13-29(14-9-26)46-40(54)27-10-17-31(18-11-27)51(61)62;1-23(2)63-38-34(22-21-33(36(38)52)42(56)46-30-17-9-28(10-18-30)44(58)59)48-40(54)25-5-15-31(16-6-25)47-43(57)35(37(62-4)24(3)51)49-41(55)26-7-13-29(14-8-26)45-39(53)27-11-19-32(20-12-27)50(60)61/h6-23,36,38,53H,1-5H3,(H,46,54)(H,47,58)(H,48,57)(H,49,55)(H,50,56)(H,59,60);5-23,35,37,52H,1-4H3,(H,45,53)(H,46,56)(H,47,57)(H,48,54)(H,49,55)(H,58,59). The average Bonchev–Trinajstić information content (AvgIpc) is 0.816. The van der Waals surface area contributed by atoms with Crippen molar-refractivity contribution in [3.8, 4) is 28.7 Å². The van der Waals surface area contributed by atoms with Gasteiger partial charge in [0.15, 0.2) is 34.6 Å². The lowest BCUT2D eigenvalue weighted by atomic mass is 10.0. The number of amides is 10. The lowest BCUT2D eigenvalue weighted by Gasteiger charge is -2.24. The van der Waals surface area contributed by atoms with Crippen LogP contribution in [0.3, 0.4) is 0 Å². The van der Waals surface area contributed by atoms with E-state index in [1.165, 1.54) is 247 Å². The fraction of sp³-hybridized carbons (Fsp3) is 0.169. The Morgan fingerprint density at radius 3 is 0.891 bits per heavy atom. The largest absolute Gasteiger partial charge is 0.504 e. The van der Waals surface area contributed by atoms with E-state index in [0.29, 0.717) is 11.4 Å². The molecule has 10 aromatic carbocycles. The fourth-order valence-electron chi connectivity index (χ4n) is 12.0. The third-order valence-electron chi connectivity index (χ3n) is 18.4. The minimum Gasteiger partial charge on any atom is -0.504 e. The van der Waals surface area contributed by atoms with E-state index in [-0.39, 0.29) is 118 Å². The number of methoxy groups -OCH3 is 3. The van der Waals surface area contributed by atoms with Crippen LogP contribution in [-0.4, -0.2) is 171 Å². The Labute approximate surface area is 726 Å². The van der Waals surface area contributed by atoms with Crippen molar-refractivity contribution in [2.45, 2.75) is 78.0 Å². The van der Waals surface area contributed by atoms with Crippen LogP contribution in [0.5, 0.6) is 28.7 Å². The smallest absolute Gasteiger partial charge is 0.335 e. The molecule has 0 aliphatic rings. The number of hydrogen-bond donors (Lipinski definition) is 14. The molecule has 4 atom stereocenters. The highest BCUT2D eigenvalue weighted by Gasteiger charge is 2.36. The number of non-ortho nitro benzene ring substituents is 2. The van der Waals surface area contributed by atoms with Gasteiger partial charge in [0.05, 0.1) is 68.5 Å². The number of rotatable bonds is 35. The van der Waals surface area contributed by atoms with Crippen molar-refractivity contribution in [2.24, 2.45) is 0 Å². The number of carboxylic acids is 2. The molecule has 0 spiro atoms. The van der Waals surface area contributed by atoms with E-state index in [2.05, 4.69) is 53.2 Å². The van der Waals surface area contributed by atoms with Crippen LogP contribution in [-0.2, 0) is 28.7 Å². The Balaban J connectivity index is 0.000000289. The highest BCUT2D eigenvalue weighted by Crippen LogP contribution is 2.42. The molecule has 10 amide bonds. The summed E-state index contributed by atoms with van der Waals surface area (Å²) in [5.74, 6) is -12.2. The number of aromatic carboxylic acids is 2. The van der Waals surface area contributed by atoms with Crippen molar-refractivity contribution in [1.29, 1.82) is 0 Å². The van der Waals surface area contributed by atoms with Gasteiger partial charge in [-0.05, 0) is 230 Å². The van der Waals surface area contributed by atoms with E-state index in [9.17, 15) is 103 Å². The molecule has 0 fully saturated rings. The Kier molecular flexibility index (Phi) is 31.9. The van der Waals surface area contributed by atoms with Crippen molar-refractivity contribution < 1.29 is 121 Å². The molecule has 0 saturated heterocycles. The maximum atomic E-state index is 13.6. The predicted molar refractivity (Wildman–Crippen MR) is 464 cm³/mol. The number of ketones is 2. The second-order valence-electron chi connectivity index (χ2n) is 28.2. The first-order valence-corrected chi connectivity index (χ1v) is 38.2. The molecule has 14 N–H and O–H groups in total. The maximum Gasteiger partial charge on any atom is 0.335 e. The Morgan fingerprint density at radius 1 is 0.328 bits per heavy atom. The Bertz CT molecular complexity index is 5930. The summed E-state index contributed by atoms with van der Waals surface area (Å²) in [4.78, 5) is 200. The second kappa shape index (κ2) is 43.1. The third kappa shape index (κ3) is 24.8. The van der Waals surface area contributed by atoms with E-state index < -0.39 is 140 Å². The molecule has 0 bridgehead atoms. The summed E-state index contributed by atoms with van der Waals surface area (Å²) in [7, 11) is 3.68. The number of carboxylic acid groups (broad SMARTS) is 2. The van der Waals surface area contributed by atoms with Gasteiger partial charge in [-0.1, -0.05) is 0 Å². The van der Waals surface area contributed by atoms with Gasteiger partial charge >= 0.3 is 11.9 Å². The molecule has 128 heavy (non-hydrogen) atoms. The van der Waals surface area contributed by atoms with Gasteiger partial charge in [0.25, 0.3) is 58.6 Å². The topological polar surface area (TPSA) is 573 Å². The first-order valence-electron chi connectivity index (χ1n) is 38.2. The van der Waals surface area contributed by atoms with E-state index in [0.717, 1.165) is 0 Å². The lowest BCUT2D eigenvalue weighted by Crippen LogP contribution is -2.54. The molecule has 0 aliphatic heterocycles. The van der Waals surface area contributed by atoms with Gasteiger partial charge in [-0.3, -0.25) is 77.8 Å². The minimum atomic E-state index is -1.54. The number of nitrogens with zero attached hydrogens (tertiary/aromatic N) is 2. The predicted octanol–water partition coefficient (Wildman–Crippen LogP) is 11.8. The number of nitro groups is 2. The van der Waals surface area contributed by atoms with Crippen LogP contribution in [0.4, 0.5) is 56.9 Å². The van der Waals surface area contributed by atoms with E-state index >= 15 is 0 Å². The monoisotopic (exact) mass is 1750 g/mol. The quantitative estimate of drug-likeness (QED) is 0.0130. The summed E-state index contributed by atoms with van der Waals surface area (Å²) in [6, 6.07) is 43.5. The number of nitro benzene ring substituents is 2. The molecular formula is C89H82N12O27. The van der Waals surface area contributed by atoms with Crippen molar-refractivity contribution in [1.82, 2.24) is 10.6 Å². The number of Topliss-reactive ketones (excluding diaryl/α,β-unsaturated/α-hetero) is 2. The van der Waals surface area contributed by atoms with E-state index in [1.54, 1.807) is 27.7 Å². The van der Waals surface area contributed by atoms with Crippen molar-refractivity contribution in [2.75, 3.05) is 63.9 Å². The Morgan fingerprint density at radius 2 is 0.594 bits per heavy atom. The number of phenolic OH excluding ortho intramolecular Hbond substituents is 2. The van der Waals surface area contributed by atoms with Crippen LogP contribution >= 0.6 is 0 Å². The Hall–Kier alpha value is -17.1. The number of benzene rings is 10. The molecule has 39 heteroatoms. The molecule has 660 valence electrons. The second-order valence-corrected chi connectivity index (χ2v) is 28.2. The van der Waals surface area contributed by atoms with Crippen LogP contribution in [0.25, 0.3) is 0 Å². The van der Waals surface area contributed by atoms with Crippen LogP contribution in [0, 0.1) is 20.2 Å². The summed E-state index contributed by atoms with van der Waals surface area (Å²) in [5.41, 5.74) is 1.15. The van der Waals surface area contributed by atoms with Crippen LogP contribution < -0.4 is 67.4 Å². The normalized spacial score (nSPS) is 11.6. The summed E-state index contributed by atoms with van der Waals surface area (Å²) in [5, 5.41) is 88.4. The molecule has 0 aliphatic carbocycles. The zero-order chi connectivity index (χ0) is 93.5. The summed E-state index contributed by atoms with van der Waals surface area (Å²) in [6.07, 6.45) is -3.83. The molecule has 0 aromatic heterocycles. The van der Waals surface area contributed by atoms with Gasteiger partial charge in [-0.25, -0.2) is 9.59 Å². The number of carbonyl (C=O) groups is 14. The molecule has 0 heterocycles. The highest BCUT2D eigenvalue weighted by molar-refractivity contribution is 6.13. The lowest BCUT2D eigenvalue weighted by molar-refractivity contribution is -0.385. The first kappa shape index (κ1) is 94.7. The summed E-state index contributed by atoms with van der Waals surface area (Å²) >= 11 is 0. The van der Waals surface area contributed by atoms with Gasteiger partial charge < -0.3 is 97.3 Å². The molecule has 10 aromatic rings. The number of carbonyl (C=O) groups excluding carboxylic acids is 12. The van der Waals surface area contributed by atoms with Crippen molar-refractivity contribution >= 4 is 139 Å². The van der Waals surface area contributed by atoms with Crippen LogP contribution in [0.2, 0.25) is 0 Å². The average molecular weight is 1750 g/mol. The van der Waals surface area contributed by atoms with Gasteiger partial charge in [0.2, 0.25) is 11.8 Å². The number of phenols is 2.